The molecule has 86 valence electrons. The summed E-state index contributed by atoms with van der Waals surface area (Å²) < 4.78 is 0. The van der Waals surface area contributed by atoms with Gasteiger partial charge in [0.05, 0.1) is 16.2 Å². The highest BCUT2D eigenvalue weighted by Crippen LogP contribution is 2.20. The molecule has 5 heteroatoms. The van der Waals surface area contributed by atoms with Gasteiger partial charge in [0, 0.05) is 35.5 Å². The summed E-state index contributed by atoms with van der Waals surface area (Å²) in [5.74, 6) is 0.525. The van der Waals surface area contributed by atoms with E-state index in [1.54, 1.807) is 22.7 Å². The Labute approximate surface area is 104 Å². The van der Waals surface area contributed by atoms with Gasteiger partial charge in [-0.3, -0.25) is 0 Å². The molecule has 16 heavy (non-hydrogen) atoms. The molecular formula is C11H15N3S2. The lowest BCUT2D eigenvalue weighted by molar-refractivity contribution is 0.689. The molecule has 0 saturated carbocycles. The van der Waals surface area contributed by atoms with Crippen LogP contribution in [-0.4, -0.2) is 9.97 Å². The first-order chi connectivity index (χ1) is 7.75. The van der Waals surface area contributed by atoms with Gasteiger partial charge in [0.25, 0.3) is 0 Å². The zero-order valence-corrected chi connectivity index (χ0v) is 11.1. The maximum atomic E-state index is 4.40. The molecule has 2 aromatic heterocycles. The number of nitrogens with one attached hydrogen (secondary N) is 1. The van der Waals surface area contributed by atoms with Crippen molar-refractivity contribution in [1.29, 1.82) is 0 Å². The molecule has 0 aliphatic rings. The van der Waals surface area contributed by atoms with Crippen molar-refractivity contribution < 1.29 is 0 Å². The summed E-state index contributed by atoms with van der Waals surface area (Å²) in [4.78, 5) is 9.91. The molecule has 0 unspecified atom stereocenters. The van der Waals surface area contributed by atoms with Crippen molar-refractivity contribution in [1.82, 2.24) is 15.3 Å². The van der Waals surface area contributed by atoms with E-state index in [4.69, 9.17) is 0 Å². The van der Waals surface area contributed by atoms with Crippen molar-refractivity contribution >= 4 is 22.7 Å². The molecule has 0 aliphatic carbocycles. The molecule has 0 fully saturated rings. The lowest BCUT2D eigenvalue weighted by Crippen LogP contribution is -2.11. The molecule has 2 heterocycles. The third-order valence-electron chi connectivity index (χ3n) is 2.15. The van der Waals surface area contributed by atoms with Crippen LogP contribution in [0.2, 0.25) is 0 Å². The molecule has 3 nitrogen and oxygen atoms in total. The van der Waals surface area contributed by atoms with Gasteiger partial charge in [-0.15, -0.1) is 22.7 Å². The minimum atomic E-state index is 0.525. The van der Waals surface area contributed by atoms with E-state index in [0.717, 1.165) is 18.8 Å². The topological polar surface area (TPSA) is 37.8 Å². The van der Waals surface area contributed by atoms with Crippen molar-refractivity contribution in [3.63, 3.8) is 0 Å². The van der Waals surface area contributed by atoms with Crippen molar-refractivity contribution in [3.8, 4) is 0 Å². The fourth-order valence-corrected chi connectivity index (χ4v) is 2.76. The molecule has 2 rings (SSSR count). The molecule has 0 atom stereocenters. The standard InChI is InChI=1S/C11H15N3S2/c1-8(2)11-13-5-10(16-11)4-12-3-9-6-15-7-14-9/h5-8,12H,3-4H2,1-2H3. The first kappa shape index (κ1) is 11.7. The number of hydrogen-bond donors (Lipinski definition) is 1. The predicted octanol–water partition coefficient (Wildman–Crippen LogP) is 3.01. The molecular weight excluding hydrogens is 238 g/mol. The van der Waals surface area contributed by atoms with Crippen LogP contribution in [0.1, 0.15) is 35.3 Å². The lowest BCUT2D eigenvalue weighted by Gasteiger charge is -1.99. The number of thiazole rings is 2. The summed E-state index contributed by atoms with van der Waals surface area (Å²) in [6, 6.07) is 0. The molecule has 0 amide bonds. The van der Waals surface area contributed by atoms with Gasteiger partial charge in [-0.2, -0.15) is 0 Å². The van der Waals surface area contributed by atoms with E-state index < -0.39 is 0 Å². The molecule has 1 N–H and O–H groups in total. The Kier molecular flexibility index (Phi) is 4.04. The minimum Gasteiger partial charge on any atom is -0.306 e. The van der Waals surface area contributed by atoms with E-state index in [1.807, 2.05) is 11.7 Å². The summed E-state index contributed by atoms with van der Waals surface area (Å²) in [5.41, 5.74) is 2.97. The van der Waals surface area contributed by atoms with Crippen LogP contribution in [0.25, 0.3) is 0 Å². The molecule has 0 saturated heterocycles. The van der Waals surface area contributed by atoms with Gasteiger partial charge < -0.3 is 5.32 Å². The van der Waals surface area contributed by atoms with Crippen molar-refractivity contribution in [3.05, 3.63) is 32.7 Å². The quantitative estimate of drug-likeness (QED) is 0.890. The predicted molar refractivity (Wildman–Crippen MR) is 68.9 cm³/mol. The van der Waals surface area contributed by atoms with Crippen LogP contribution in [-0.2, 0) is 13.1 Å². The van der Waals surface area contributed by atoms with Gasteiger partial charge >= 0.3 is 0 Å². The fraction of sp³-hybridized carbons (Fsp3) is 0.455. The number of hydrogen-bond acceptors (Lipinski definition) is 5. The molecule has 0 radical (unpaired) electrons. The zero-order valence-electron chi connectivity index (χ0n) is 9.43. The summed E-state index contributed by atoms with van der Waals surface area (Å²) in [7, 11) is 0. The zero-order chi connectivity index (χ0) is 11.4. The van der Waals surface area contributed by atoms with Gasteiger partial charge in [-0.1, -0.05) is 13.8 Å². The van der Waals surface area contributed by atoms with E-state index in [9.17, 15) is 0 Å². The average molecular weight is 253 g/mol. The van der Waals surface area contributed by atoms with Gasteiger partial charge in [-0.05, 0) is 0 Å². The third kappa shape index (κ3) is 3.10. The van der Waals surface area contributed by atoms with E-state index in [-0.39, 0.29) is 0 Å². The summed E-state index contributed by atoms with van der Waals surface area (Å²) in [6.45, 7) is 6.05. The monoisotopic (exact) mass is 253 g/mol. The Morgan fingerprint density at radius 3 is 2.81 bits per heavy atom. The van der Waals surface area contributed by atoms with E-state index in [2.05, 4.69) is 34.5 Å². The highest BCUT2D eigenvalue weighted by molar-refractivity contribution is 7.11. The maximum absolute atomic E-state index is 4.40. The van der Waals surface area contributed by atoms with Gasteiger partial charge in [-0.25, -0.2) is 9.97 Å². The molecule has 2 aromatic rings. The van der Waals surface area contributed by atoms with Gasteiger partial charge in [0.15, 0.2) is 0 Å². The Balaban J connectivity index is 1.81. The van der Waals surface area contributed by atoms with Crippen LogP contribution in [0.4, 0.5) is 0 Å². The van der Waals surface area contributed by atoms with Crippen molar-refractivity contribution in [2.75, 3.05) is 0 Å². The summed E-state index contributed by atoms with van der Waals surface area (Å²) in [5, 5.41) is 6.65. The molecule has 0 spiro atoms. The largest absolute Gasteiger partial charge is 0.306 e. The van der Waals surface area contributed by atoms with Gasteiger partial charge in [0.2, 0.25) is 0 Å². The second kappa shape index (κ2) is 5.52. The van der Waals surface area contributed by atoms with Crippen LogP contribution in [0, 0.1) is 0 Å². The van der Waals surface area contributed by atoms with Crippen LogP contribution in [0.5, 0.6) is 0 Å². The van der Waals surface area contributed by atoms with Crippen molar-refractivity contribution in [2.24, 2.45) is 0 Å². The Bertz CT molecular complexity index is 420. The number of aromatic nitrogens is 2. The smallest absolute Gasteiger partial charge is 0.0953 e. The lowest BCUT2D eigenvalue weighted by atomic mass is 10.2. The maximum Gasteiger partial charge on any atom is 0.0953 e. The second-order valence-corrected chi connectivity index (χ2v) is 5.77. The normalized spacial score (nSPS) is 11.2. The molecule has 0 aliphatic heterocycles. The molecule has 0 aromatic carbocycles. The minimum absolute atomic E-state index is 0.525. The average Bonchev–Trinajstić information content (AvgIpc) is 2.87. The van der Waals surface area contributed by atoms with Crippen molar-refractivity contribution in [2.45, 2.75) is 32.9 Å². The summed E-state index contributed by atoms with van der Waals surface area (Å²) in [6.07, 6.45) is 1.97. The van der Waals surface area contributed by atoms with E-state index >= 15 is 0 Å². The number of rotatable bonds is 5. The molecule has 0 bridgehead atoms. The SMILES string of the molecule is CC(C)c1ncc(CNCc2cscn2)s1. The van der Waals surface area contributed by atoms with Gasteiger partial charge in [0.1, 0.15) is 0 Å². The highest BCUT2D eigenvalue weighted by Gasteiger charge is 2.05. The Morgan fingerprint density at radius 2 is 2.19 bits per heavy atom. The third-order valence-corrected chi connectivity index (χ3v) is 4.09. The first-order valence-corrected chi connectivity index (χ1v) is 7.04. The van der Waals surface area contributed by atoms with Crippen LogP contribution in [0.3, 0.4) is 0 Å². The Morgan fingerprint density at radius 1 is 1.31 bits per heavy atom. The summed E-state index contributed by atoms with van der Waals surface area (Å²) >= 11 is 3.42. The van der Waals surface area contributed by atoms with E-state index in [1.165, 1.54) is 9.88 Å². The van der Waals surface area contributed by atoms with E-state index in [0.29, 0.717) is 5.92 Å². The van der Waals surface area contributed by atoms with Crippen LogP contribution in [0.15, 0.2) is 17.1 Å². The Hall–Kier alpha value is -0.780. The van der Waals surface area contributed by atoms with Crippen LogP contribution < -0.4 is 5.32 Å². The fourth-order valence-electron chi connectivity index (χ4n) is 1.31. The highest BCUT2D eigenvalue weighted by atomic mass is 32.1. The second-order valence-electron chi connectivity index (χ2n) is 3.90. The van der Waals surface area contributed by atoms with Crippen LogP contribution >= 0.6 is 22.7 Å². The first-order valence-electron chi connectivity index (χ1n) is 5.28. The number of nitrogens with zero attached hydrogens (tertiary/aromatic N) is 2.